The van der Waals surface area contributed by atoms with Crippen molar-refractivity contribution in [2.75, 3.05) is 25.2 Å². The number of imidazole rings is 1. The lowest BCUT2D eigenvalue weighted by molar-refractivity contribution is -0.119. The van der Waals surface area contributed by atoms with E-state index in [2.05, 4.69) is 20.3 Å². The maximum Gasteiger partial charge on any atom is 0.263 e. The monoisotopic (exact) mass is 428 g/mol. The summed E-state index contributed by atoms with van der Waals surface area (Å²) in [6, 6.07) is 3.71. The zero-order valence-electron chi connectivity index (χ0n) is 16.7. The van der Waals surface area contributed by atoms with Gasteiger partial charge in [-0.05, 0) is 18.1 Å². The minimum absolute atomic E-state index is 0.123. The number of rotatable bonds is 11. The summed E-state index contributed by atoms with van der Waals surface area (Å²) >= 11 is 1.19. The maximum absolute atomic E-state index is 12.7. The van der Waals surface area contributed by atoms with Crippen LogP contribution in [0.15, 0.2) is 49.4 Å². The van der Waals surface area contributed by atoms with E-state index >= 15 is 0 Å². The number of nitrogens with zero attached hydrogens (tertiary/aromatic N) is 5. The highest BCUT2D eigenvalue weighted by atomic mass is 32.1. The van der Waals surface area contributed by atoms with Gasteiger partial charge in [0, 0.05) is 45.0 Å². The van der Waals surface area contributed by atoms with Crippen LogP contribution in [0.5, 0.6) is 0 Å². The predicted molar refractivity (Wildman–Crippen MR) is 113 cm³/mol. The molecule has 0 aromatic carbocycles. The summed E-state index contributed by atoms with van der Waals surface area (Å²) in [5.41, 5.74) is 0.879. The number of nitrogens with one attached hydrogen (secondary N) is 1. The second-order valence-electron chi connectivity index (χ2n) is 6.50. The van der Waals surface area contributed by atoms with Crippen LogP contribution in [0.25, 0.3) is 0 Å². The molecule has 3 heterocycles. The zero-order valence-corrected chi connectivity index (χ0v) is 17.5. The Hall–Kier alpha value is -3.11. The summed E-state index contributed by atoms with van der Waals surface area (Å²) < 4.78 is 6.98. The predicted octanol–water partition coefficient (Wildman–Crippen LogP) is 2.12. The first-order valence-corrected chi connectivity index (χ1v) is 10.4. The van der Waals surface area contributed by atoms with Crippen LogP contribution < -0.4 is 10.2 Å². The van der Waals surface area contributed by atoms with Crippen molar-refractivity contribution < 1.29 is 14.3 Å². The van der Waals surface area contributed by atoms with Crippen molar-refractivity contribution in [3.63, 3.8) is 0 Å². The number of anilines is 1. The Morgan fingerprint density at radius 1 is 1.27 bits per heavy atom. The number of amides is 2. The summed E-state index contributed by atoms with van der Waals surface area (Å²) in [5.74, 6) is -0.322. The maximum atomic E-state index is 12.7. The van der Waals surface area contributed by atoms with E-state index in [0.29, 0.717) is 29.7 Å². The van der Waals surface area contributed by atoms with Crippen molar-refractivity contribution in [2.45, 2.75) is 25.9 Å². The first kappa shape index (κ1) is 21.6. The zero-order chi connectivity index (χ0) is 21.2. The Labute approximate surface area is 178 Å². The fourth-order valence-electron chi connectivity index (χ4n) is 2.73. The van der Waals surface area contributed by atoms with Gasteiger partial charge >= 0.3 is 0 Å². The average molecular weight is 429 g/mol. The number of carbonyl (C=O) groups excluding carboxylic acids is 2. The standard InChI is InChI=1S/C20H24N6O3S/c1-29-11-5-18(27)26(14-16-4-2-6-21-12-16)20-24-13-17(30-20)19(28)23-7-3-9-25-10-8-22-15-25/h2,4,6,8,10,12-13,15H,3,5,7,9,11,14H2,1H3,(H,23,28). The van der Waals surface area contributed by atoms with E-state index in [1.807, 2.05) is 22.9 Å². The molecule has 0 radical (unpaired) electrons. The molecule has 158 valence electrons. The quantitative estimate of drug-likeness (QED) is 0.470. The molecule has 3 aromatic rings. The molecule has 30 heavy (non-hydrogen) atoms. The second kappa shape index (κ2) is 11.2. The van der Waals surface area contributed by atoms with Gasteiger partial charge in [0.1, 0.15) is 4.88 Å². The Bertz CT molecular complexity index is 929. The lowest BCUT2D eigenvalue weighted by Crippen LogP contribution is -2.31. The molecule has 0 spiro atoms. The topological polar surface area (TPSA) is 102 Å². The number of thiazole rings is 1. The molecule has 1 N–H and O–H groups in total. The van der Waals surface area contributed by atoms with E-state index < -0.39 is 0 Å². The number of hydrogen-bond acceptors (Lipinski definition) is 7. The lowest BCUT2D eigenvalue weighted by atomic mass is 10.2. The van der Waals surface area contributed by atoms with Gasteiger partial charge in [-0.25, -0.2) is 9.97 Å². The van der Waals surface area contributed by atoms with Crippen LogP contribution >= 0.6 is 11.3 Å². The summed E-state index contributed by atoms with van der Waals surface area (Å²) in [4.78, 5) is 39.6. The minimum atomic E-state index is -0.199. The normalized spacial score (nSPS) is 10.7. The van der Waals surface area contributed by atoms with Crippen molar-refractivity contribution in [2.24, 2.45) is 0 Å². The van der Waals surface area contributed by atoms with Crippen LogP contribution in [0, 0.1) is 0 Å². The summed E-state index contributed by atoms with van der Waals surface area (Å²) in [6.07, 6.45) is 11.3. The first-order valence-electron chi connectivity index (χ1n) is 9.55. The van der Waals surface area contributed by atoms with Crippen molar-refractivity contribution in [3.05, 3.63) is 59.9 Å². The van der Waals surface area contributed by atoms with Gasteiger partial charge in [0.15, 0.2) is 5.13 Å². The molecule has 0 bridgehead atoms. The molecule has 0 saturated carbocycles. The van der Waals surface area contributed by atoms with E-state index in [0.717, 1.165) is 18.5 Å². The van der Waals surface area contributed by atoms with Gasteiger partial charge in [0.05, 0.1) is 32.1 Å². The molecule has 0 aliphatic carbocycles. The molecule has 0 fully saturated rings. The fraction of sp³-hybridized carbons (Fsp3) is 0.350. The van der Waals surface area contributed by atoms with Gasteiger partial charge in [-0.3, -0.25) is 19.5 Å². The molecule has 9 nitrogen and oxygen atoms in total. The Morgan fingerprint density at radius 3 is 2.90 bits per heavy atom. The molecule has 10 heteroatoms. The number of methoxy groups -OCH3 is 1. The Balaban J connectivity index is 1.61. The van der Waals surface area contributed by atoms with Gasteiger partial charge < -0.3 is 14.6 Å². The molecule has 3 rings (SSSR count). The number of aromatic nitrogens is 4. The van der Waals surface area contributed by atoms with Crippen LogP contribution in [0.3, 0.4) is 0 Å². The molecular weight excluding hydrogens is 404 g/mol. The molecule has 0 aliphatic heterocycles. The Kier molecular flexibility index (Phi) is 8.04. The third kappa shape index (κ3) is 6.19. The number of pyridine rings is 1. The number of hydrogen-bond donors (Lipinski definition) is 1. The van der Waals surface area contributed by atoms with Crippen molar-refractivity contribution >= 4 is 28.3 Å². The number of ether oxygens (including phenoxy) is 1. The highest BCUT2D eigenvalue weighted by molar-refractivity contribution is 7.17. The van der Waals surface area contributed by atoms with Gasteiger partial charge in [-0.2, -0.15) is 0 Å². The van der Waals surface area contributed by atoms with Gasteiger partial charge in [0.2, 0.25) is 5.91 Å². The Morgan fingerprint density at radius 2 is 2.17 bits per heavy atom. The summed E-state index contributed by atoms with van der Waals surface area (Å²) in [6.45, 7) is 1.96. The molecule has 3 aromatic heterocycles. The van der Waals surface area contributed by atoms with Gasteiger partial charge in [-0.1, -0.05) is 17.4 Å². The third-order valence-corrected chi connectivity index (χ3v) is 5.29. The summed E-state index contributed by atoms with van der Waals surface area (Å²) in [7, 11) is 1.55. The molecule has 0 saturated heterocycles. The van der Waals surface area contributed by atoms with E-state index in [-0.39, 0.29) is 18.2 Å². The van der Waals surface area contributed by atoms with Gasteiger partial charge in [-0.15, -0.1) is 0 Å². The fourth-order valence-corrected chi connectivity index (χ4v) is 3.57. The van der Waals surface area contributed by atoms with Crippen molar-refractivity contribution in [3.8, 4) is 0 Å². The smallest absolute Gasteiger partial charge is 0.263 e. The highest BCUT2D eigenvalue weighted by Crippen LogP contribution is 2.25. The van der Waals surface area contributed by atoms with Gasteiger partial charge in [0.25, 0.3) is 5.91 Å². The number of aryl methyl sites for hydroxylation is 1. The molecular formula is C20H24N6O3S. The molecule has 0 unspecified atom stereocenters. The average Bonchev–Trinajstić information content (AvgIpc) is 3.46. The van der Waals surface area contributed by atoms with Crippen molar-refractivity contribution in [1.29, 1.82) is 0 Å². The van der Waals surface area contributed by atoms with Crippen LogP contribution in [-0.2, 0) is 22.6 Å². The molecule has 0 aliphatic rings. The van der Waals surface area contributed by atoms with Crippen LogP contribution in [-0.4, -0.2) is 51.6 Å². The van der Waals surface area contributed by atoms with Crippen LogP contribution in [0.4, 0.5) is 5.13 Å². The first-order chi connectivity index (χ1) is 14.7. The SMILES string of the molecule is COCCC(=O)N(Cc1cccnc1)c1ncc(C(=O)NCCCn2ccnc2)s1. The number of carbonyl (C=O) groups is 2. The van der Waals surface area contributed by atoms with Crippen LogP contribution in [0.1, 0.15) is 28.1 Å². The van der Waals surface area contributed by atoms with E-state index in [1.165, 1.54) is 17.5 Å². The largest absolute Gasteiger partial charge is 0.384 e. The van der Waals surface area contributed by atoms with Crippen molar-refractivity contribution in [1.82, 2.24) is 24.8 Å². The van der Waals surface area contributed by atoms with E-state index in [1.54, 1.807) is 36.9 Å². The van der Waals surface area contributed by atoms with Crippen LogP contribution in [0.2, 0.25) is 0 Å². The second-order valence-corrected chi connectivity index (χ2v) is 7.51. The molecule has 0 atom stereocenters. The highest BCUT2D eigenvalue weighted by Gasteiger charge is 2.21. The minimum Gasteiger partial charge on any atom is -0.384 e. The lowest BCUT2D eigenvalue weighted by Gasteiger charge is -2.19. The third-order valence-electron chi connectivity index (χ3n) is 4.27. The van der Waals surface area contributed by atoms with E-state index in [4.69, 9.17) is 4.74 Å². The van der Waals surface area contributed by atoms with E-state index in [9.17, 15) is 9.59 Å². The molecule has 2 amide bonds. The summed E-state index contributed by atoms with van der Waals surface area (Å²) in [5, 5.41) is 3.37.